The maximum Gasteiger partial charge on any atom is 0.252 e. The highest BCUT2D eigenvalue weighted by Gasteiger charge is 2.18. The van der Waals surface area contributed by atoms with Crippen molar-refractivity contribution in [1.82, 2.24) is 20.1 Å². The molecule has 0 radical (unpaired) electrons. The van der Waals surface area contributed by atoms with Gasteiger partial charge in [-0.15, -0.1) is 0 Å². The largest absolute Gasteiger partial charge is 0.383 e. The number of methoxy groups -OCH3 is 1. The Morgan fingerprint density at radius 2 is 1.90 bits per heavy atom. The Morgan fingerprint density at radius 1 is 1.13 bits per heavy atom. The van der Waals surface area contributed by atoms with Gasteiger partial charge in [-0.25, -0.2) is 9.67 Å². The van der Waals surface area contributed by atoms with Gasteiger partial charge in [-0.05, 0) is 17.7 Å². The molecular weight excluding hydrogens is 400 g/mol. The molecule has 6 nitrogen and oxygen atoms in total. The SMILES string of the molecule is COCCNC(=O)c1cc(-c2ccccc2)nc2c1cnn2Cc1ccccc1Cl. The standard InChI is InChI=1S/C23H21ClN4O2/c1-30-12-11-25-23(29)18-13-21(16-7-3-2-4-8-16)27-22-19(18)14-26-28(22)15-17-9-5-6-10-20(17)24/h2-10,13-14H,11-12,15H2,1H3,(H,25,29). The number of carbonyl (C=O) groups excluding carboxylic acids is 1. The molecule has 1 amide bonds. The summed E-state index contributed by atoms with van der Waals surface area (Å²) in [5.74, 6) is -0.186. The summed E-state index contributed by atoms with van der Waals surface area (Å²) in [6, 6.07) is 19.2. The van der Waals surface area contributed by atoms with Crippen molar-refractivity contribution in [2.75, 3.05) is 20.3 Å². The maximum atomic E-state index is 12.9. The van der Waals surface area contributed by atoms with E-state index in [4.69, 9.17) is 21.3 Å². The fraction of sp³-hybridized carbons (Fsp3) is 0.174. The summed E-state index contributed by atoms with van der Waals surface area (Å²) in [6.45, 7) is 1.32. The average Bonchev–Trinajstić information content (AvgIpc) is 3.18. The third-order valence-corrected chi connectivity index (χ3v) is 5.16. The van der Waals surface area contributed by atoms with Crippen LogP contribution in [0.5, 0.6) is 0 Å². The molecular formula is C23H21ClN4O2. The number of pyridine rings is 1. The normalized spacial score (nSPS) is 11.0. The monoisotopic (exact) mass is 420 g/mol. The highest BCUT2D eigenvalue weighted by atomic mass is 35.5. The van der Waals surface area contributed by atoms with E-state index >= 15 is 0 Å². The zero-order chi connectivity index (χ0) is 20.9. The van der Waals surface area contributed by atoms with E-state index in [0.29, 0.717) is 47.0 Å². The van der Waals surface area contributed by atoms with Crippen molar-refractivity contribution in [2.24, 2.45) is 0 Å². The van der Waals surface area contributed by atoms with Gasteiger partial charge in [0.05, 0.1) is 36.0 Å². The fourth-order valence-corrected chi connectivity index (χ4v) is 3.45. The summed E-state index contributed by atoms with van der Waals surface area (Å²) in [7, 11) is 1.60. The molecule has 2 aromatic heterocycles. The molecule has 0 bridgehead atoms. The van der Waals surface area contributed by atoms with Crippen LogP contribution in [0.15, 0.2) is 66.9 Å². The molecule has 0 aliphatic heterocycles. The minimum Gasteiger partial charge on any atom is -0.383 e. The molecule has 1 N–H and O–H groups in total. The van der Waals surface area contributed by atoms with Crippen LogP contribution in [0.25, 0.3) is 22.3 Å². The van der Waals surface area contributed by atoms with Crippen LogP contribution in [0.3, 0.4) is 0 Å². The third-order valence-electron chi connectivity index (χ3n) is 4.79. The lowest BCUT2D eigenvalue weighted by Crippen LogP contribution is -2.27. The Morgan fingerprint density at radius 3 is 2.67 bits per heavy atom. The Labute approximate surface area is 179 Å². The number of halogens is 1. The van der Waals surface area contributed by atoms with E-state index in [1.807, 2.05) is 54.6 Å². The highest BCUT2D eigenvalue weighted by Crippen LogP contribution is 2.26. The van der Waals surface area contributed by atoms with E-state index < -0.39 is 0 Å². The van der Waals surface area contributed by atoms with Crippen LogP contribution >= 0.6 is 11.6 Å². The summed E-state index contributed by atoms with van der Waals surface area (Å²) in [5.41, 5.74) is 3.73. The van der Waals surface area contributed by atoms with Gasteiger partial charge in [0.1, 0.15) is 0 Å². The van der Waals surface area contributed by atoms with E-state index in [2.05, 4.69) is 10.4 Å². The molecule has 0 unspecified atom stereocenters. The molecule has 0 aliphatic carbocycles. The molecule has 0 fully saturated rings. The second-order valence-electron chi connectivity index (χ2n) is 6.80. The Balaban J connectivity index is 1.80. The van der Waals surface area contributed by atoms with Gasteiger partial charge in [-0.1, -0.05) is 60.1 Å². The third kappa shape index (κ3) is 4.20. The molecule has 0 atom stereocenters. The molecule has 4 rings (SSSR count). The first-order valence-electron chi connectivity index (χ1n) is 9.60. The van der Waals surface area contributed by atoms with Crippen LogP contribution in [0.4, 0.5) is 0 Å². The lowest BCUT2D eigenvalue weighted by atomic mass is 10.1. The molecule has 0 saturated heterocycles. The summed E-state index contributed by atoms with van der Waals surface area (Å²) in [5, 5.41) is 8.74. The Hall–Kier alpha value is -3.22. The molecule has 152 valence electrons. The molecule has 30 heavy (non-hydrogen) atoms. The molecule has 7 heteroatoms. The van der Waals surface area contributed by atoms with Crippen molar-refractivity contribution in [2.45, 2.75) is 6.54 Å². The van der Waals surface area contributed by atoms with E-state index in [1.54, 1.807) is 24.1 Å². The highest BCUT2D eigenvalue weighted by molar-refractivity contribution is 6.31. The average molecular weight is 421 g/mol. The van der Waals surface area contributed by atoms with E-state index in [-0.39, 0.29) is 5.91 Å². The molecule has 0 aliphatic rings. The van der Waals surface area contributed by atoms with Gasteiger partial charge < -0.3 is 10.1 Å². The minimum absolute atomic E-state index is 0.186. The first-order chi connectivity index (χ1) is 14.7. The maximum absolute atomic E-state index is 12.9. The van der Waals surface area contributed by atoms with Crippen molar-refractivity contribution in [3.8, 4) is 11.3 Å². The number of benzene rings is 2. The van der Waals surface area contributed by atoms with E-state index in [1.165, 1.54) is 0 Å². The van der Waals surface area contributed by atoms with Crippen molar-refractivity contribution >= 4 is 28.5 Å². The van der Waals surface area contributed by atoms with Gasteiger partial charge in [0.2, 0.25) is 0 Å². The summed E-state index contributed by atoms with van der Waals surface area (Å²) in [6.07, 6.45) is 1.68. The number of carbonyl (C=O) groups is 1. The number of hydrogen-bond acceptors (Lipinski definition) is 4. The van der Waals surface area contributed by atoms with Crippen LogP contribution in [0, 0.1) is 0 Å². The lowest BCUT2D eigenvalue weighted by molar-refractivity contribution is 0.0938. The molecule has 0 saturated carbocycles. The van der Waals surface area contributed by atoms with Gasteiger partial charge in [0, 0.05) is 24.2 Å². The zero-order valence-corrected chi connectivity index (χ0v) is 17.3. The van der Waals surface area contributed by atoms with Crippen LogP contribution in [0.2, 0.25) is 5.02 Å². The second-order valence-corrected chi connectivity index (χ2v) is 7.21. The van der Waals surface area contributed by atoms with Crippen LogP contribution in [0.1, 0.15) is 15.9 Å². The van der Waals surface area contributed by atoms with Crippen LogP contribution < -0.4 is 5.32 Å². The first-order valence-corrected chi connectivity index (χ1v) is 9.97. The molecule has 2 aromatic carbocycles. The predicted octanol–water partition coefficient (Wildman–Crippen LogP) is 4.18. The van der Waals surface area contributed by atoms with Gasteiger partial charge in [0.15, 0.2) is 5.65 Å². The topological polar surface area (TPSA) is 69.0 Å². The summed E-state index contributed by atoms with van der Waals surface area (Å²) < 4.78 is 6.81. The number of ether oxygens (including phenoxy) is 1. The molecule has 0 spiro atoms. The summed E-state index contributed by atoms with van der Waals surface area (Å²) >= 11 is 6.33. The van der Waals surface area contributed by atoms with E-state index in [0.717, 1.165) is 11.1 Å². The Kier molecular flexibility index (Phi) is 6.07. The fourth-order valence-electron chi connectivity index (χ4n) is 3.26. The zero-order valence-electron chi connectivity index (χ0n) is 16.5. The van der Waals surface area contributed by atoms with Crippen molar-refractivity contribution in [3.05, 3.63) is 83.0 Å². The first kappa shape index (κ1) is 20.1. The smallest absolute Gasteiger partial charge is 0.252 e. The number of nitrogens with zero attached hydrogens (tertiary/aromatic N) is 3. The minimum atomic E-state index is -0.186. The number of aromatic nitrogens is 3. The predicted molar refractivity (Wildman–Crippen MR) is 118 cm³/mol. The van der Waals surface area contributed by atoms with Gasteiger partial charge in [-0.3, -0.25) is 4.79 Å². The lowest BCUT2D eigenvalue weighted by Gasteiger charge is -2.10. The number of amides is 1. The quantitative estimate of drug-likeness (QED) is 0.455. The summed E-state index contributed by atoms with van der Waals surface area (Å²) in [4.78, 5) is 17.7. The second kappa shape index (κ2) is 9.07. The van der Waals surface area contributed by atoms with Crippen LogP contribution in [-0.2, 0) is 11.3 Å². The number of nitrogens with one attached hydrogen (secondary N) is 1. The molecule has 2 heterocycles. The van der Waals surface area contributed by atoms with Gasteiger partial charge in [0.25, 0.3) is 5.91 Å². The number of hydrogen-bond donors (Lipinski definition) is 1. The number of fused-ring (bicyclic) bond motifs is 1. The Bertz CT molecular complexity index is 1170. The van der Waals surface area contributed by atoms with Crippen molar-refractivity contribution < 1.29 is 9.53 Å². The number of rotatable bonds is 7. The van der Waals surface area contributed by atoms with E-state index in [9.17, 15) is 4.79 Å². The van der Waals surface area contributed by atoms with Crippen molar-refractivity contribution in [3.63, 3.8) is 0 Å². The van der Waals surface area contributed by atoms with Crippen molar-refractivity contribution in [1.29, 1.82) is 0 Å². The molecule has 4 aromatic rings. The van der Waals surface area contributed by atoms with Gasteiger partial charge >= 0.3 is 0 Å². The van der Waals surface area contributed by atoms with Crippen LogP contribution in [-0.4, -0.2) is 40.9 Å². The van der Waals surface area contributed by atoms with Gasteiger partial charge in [-0.2, -0.15) is 5.10 Å².